The van der Waals surface area contributed by atoms with Crippen LogP contribution in [-0.4, -0.2) is 34.7 Å². The molecule has 1 saturated heterocycles. The molecule has 2 aromatic carbocycles. The zero-order valence-corrected chi connectivity index (χ0v) is 14.3. The molecule has 3 rings (SSSR count). The van der Waals surface area contributed by atoms with Crippen LogP contribution in [0.5, 0.6) is 0 Å². The Hall–Kier alpha value is -1.89. The molecule has 2 N–H and O–H groups in total. The van der Waals surface area contributed by atoms with Gasteiger partial charge in [0, 0.05) is 19.6 Å². The van der Waals surface area contributed by atoms with Gasteiger partial charge in [0.05, 0.1) is 17.3 Å². The van der Waals surface area contributed by atoms with E-state index in [0.717, 1.165) is 17.7 Å². The van der Waals surface area contributed by atoms with Crippen molar-refractivity contribution in [1.82, 2.24) is 4.90 Å². The van der Waals surface area contributed by atoms with E-state index < -0.39 is 23.4 Å². The van der Waals surface area contributed by atoms with Crippen LogP contribution < -0.4 is 0 Å². The Balaban J connectivity index is 1.64. The van der Waals surface area contributed by atoms with Crippen LogP contribution in [0.2, 0.25) is 0 Å². The first-order valence-corrected chi connectivity index (χ1v) is 8.63. The van der Waals surface area contributed by atoms with Gasteiger partial charge in [-0.2, -0.15) is 13.2 Å². The number of piperidine rings is 1. The smallest absolute Gasteiger partial charge is 0.387 e. The van der Waals surface area contributed by atoms with E-state index in [1.54, 1.807) is 6.07 Å². The predicted molar refractivity (Wildman–Crippen MR) is 92.4 cm³/mol. The van der Waals surface area contributed by atoms with Gasteiger partial charge in [-0.05, 0) is 36.1 Å². The van der Waals surface area contributed by atoms with Crippen LogP contribution in [0.15, 0.2) is 54.6 Å². The molecule has 0 radical (unpaired) electrons. The Morgan fingerprint density at radius 1 is 1.00 bits per heavy atom. The van der Waals surface area contributed by atoms with Gasteiger partial charge in [-0.3, -0.25) is 0 Å². The third kappa shape index (κ3) is 4.26. The normalized spacial score (nSPS) is 19.3. The van der Waals surface area contributed by atoms with Gasteiger partial charge in [-0.1, -0.05) is 42.5 Å². The molecule has 1 aliphatic rings. The first kappa shape index (κ1) is 18.9. The molecule has 0 saturated carbocycles. The first-order chi connectivity index (χ1) is 12.3. The number of halogens is 3. The number of rotatable bonds is 4. The van der Waals surface area contributed by atoms with E-state index in [4.69, 9.17) is 0 Å². The molecule has 0 unspecified atom stereocenters. The van der Waals surface area contributed by atoms with E-state index in [0.29, 0.717) is 38.0 Å². The fourth-order valence-electron chi connectivity index (χ4n) is 3.40. The number of alkyl halides is 3. The van der Waals surface area contributed by atoms with Crippen LogP contribution in [0.25, 0.3) is 0 Å². The van der Waals surface area contributed by atoms with Crippen LogP contribution in [0.4, 0.5) is 13.2 Å². The quantitative estimate of drug-likeness (QED) is 0.868. The van der Waals surface area contributed by atoms with E-state index in [-0.39, 0.29) is 0 Å². The standard InChI is InChI=1S/C20H22F3NO2/c21-20(22,23)17-8-4-7-16(13-17)19(26)9-11-24(12-10-19)14-18(25)15-5-2-1-3-6-15/h1-8,13,18,25-26H,9-12,14H2/t18-/m1/s1. The van der Waals surface area contributed by atoms with Crippen molar-refractivity contribution in [3.05, 3.63) is 71.3 Å². The number of aliphatic hydroxyl groups is 2. The minimum Gasteiger partial charge on any atom is -0.387 e. The summed E-state index contributed by atoms with van der Waals surface area (Å²) in [4.78, 5) is 2.03. The molecule has 0 bridgehead atoms. The van der Waals surface area contributed by atoms with Gasteiger partial charge in [0.2, 0.25) is 0 Å². The average Bonchev–Trinajstić information content (AvgIpc) is 2.64. The number of aliphatic hydroxyl groups excluding tert-OH is 1. The highest BCUT2D eigenvalue weighted by molar-refractivity contribution is 5.30. The zero-order valence-electron chi connectivity index (χ0n) is 14.3. The second-order valence-corrected chi connectivity index (χ2v) is 6.84. The largest absolute Gasteiger partial charge is 0.416 e. The lowest BCUT2D eigenvalue weighted by atomic mass is 9.83. The van der Waals surface area contributed by atoms with Crippen molar-refractivity contribution in [2.75, 3.05) is 19.6 Å². The summed E-state index contributed by atoms with van der Waals surface area (Å²) in [5.74, 6) is 0. The van der Waals surface area contributed by atoms with Gasteiger partial charge >= 0.3 is 6.18 Å². The number of β-amino-alcohol motifs (C(OH)–C–C–N with tert-alkyl or cyclic N) is 1. The number of hydrogen-bond donors (Lipinski definition) is 2. The number of likely N-dealkylation sites (tertiary alicyclic amines) is 1. The summed E-state index contributed by atoms with van der Waals surface area (Å²) in [5, 5.41) is 21.2. The summed E-state index contributed by atoms with van der Waals surface area (Å²) in [6.45, 7) is 1.45. The molecule has 2 aromatic rings. The van der Waals surface area contributed by atoms with Crippen molar-refractivity contribution in [2.45, 2.75) is 30.7 Å². The van der Waals surface area contributed by atoms with Crippen molar-refractivity contribution in [3.8, 4) is 0 Å². The molecule has 0 aliphatic carbocycles. The molecule has 0 spiro atoms. The summed E-state index contributed by atoms with van der Waals surface area (Å²) in [6, 6.07) is 14.2. The summed E-state index contributed by atoms with van der Waals surface area (Å²) < 4.78 is 38.7. The lowest BCUT2D eigenvalue weighted by Gasteiger charge is -2.39. The van der Waals surface area contributed by atoms with Gasteiger partial charge in [-0.15, -0.1) is 0 Å². The summed E-state index contributed by atoms with van der Waals surface area (Å²) >= 11 is 0. The monoisotopic (exact) mass is 365 g/mol. The maximum absolute atomic E-state index is 12.9. The Morgan fingerprint density at radius 2 is 1.65 bits per heavy atom. The minimum absolute atomic E-state index is 0.301. The van der Waals surface area contributed by atoms with E-state index in [1.807, 2.05) is 35.2 Å². The molecular formula is C20H22F3NO2. The van der Waals surface area contributed by atoms with Gasteiger partial charge < -0.3 is 15.1 Å². The summed E-state index contributed by atoms with van der Waals surface area (Å²) in [7, 11) is 0. The highest BCUT2D eigenvalue weighted by Gasteiger charge is 2.37. The van der Waals surface area contributed by atoms with Gasteiger partial charge in [0.25, 0.3) is 0 Å². The van der Waals surface area contributed by atoms with Crippen LogP contribution in [0, 0.1) is 0 Å². The molecule has 6 heteroatoms. The predicted octanol–water partition coefficient (Wildman–Crippen LogP) is 3.72. The molecule has 0 aromatic heterocycles. The molecule has 1 heterocycles. The van der Waals surface area contributed by atoms with Crippen LogP contribution >= 0.6 is 0 Å². The lowest BCUT2D eigenvalue weighted by Crippen LogP contribution is -2.44. The van der Waals surface area contributed by atoms with Gasteiger partial charge in [0.1, 0.15) is 0 Å². The van der Waals surface area contributed by atoms with Crippen molar-refractivity contribution < 1.29 is 23.4 Å². The first-order valence-electron chi connectivity index (χ1n) is 8.63. The van der Waals surface area contributed by atoms with E-state index in [1.165, 1.54) is 6.07 Å². The summed E-state index contributed by atoms with van der Waals surface area (Å²) in [6.07, 6.45) is -4.39. The van der Waals surface area contributed by atoms with E-state index >= 15 is 0 Å². The van der Waals surface area contributed by atoms with Crippen molar-refractivity contribution >= 4 is 0 Å². The van der Waals surface area contributed by atoms with Crippen molar-refractivity contribution in [1.29, 1.82) is 0 Å². The third-order valence-electron chi connectivity index (χ3n) is 5.03. The molecule has 26 heavy (non-hydrogen) atoms. The average molecular weight is 365 g/mol. The van der Waals surface area contributed by atoms with Crippen molar-refractivity contribution in [3.63, 3.8) is 0 Å². The fraction of sp³-hybridized carbons (Fsp3) is 0.400. The summed E-state index contributed by atoms with van der Waals surface area (Å²) in [5.41, 5.74) is -0.887. The number of hydrogen-bond acceptors (Lipinski definition) is 3. The van der Waals surface area contributed by atoms with Crippen molar-refractivity contribution in [2.24, 2.45) is 0 Å². The van der Waals surface area contributed by atoms with Crippen LogP contribution in [0.1, 0.15) is 35.6 Å². The Morgan fingerprint density at radius 3 is 2.27 bits per heavy atom. The van der Waals surface area contributed by atoms with E-state index in [2.05, 4.69) is 0 Å². The van der Waals surface area contributed by atoms with Gasteiger partial charge in [-0.25, -0.2) is 0 Å². The zero-order chi connectivity index (χ0) is 18.8. The second-order valence-electron chi connectivity index (χ2n) is 6.84. The Labute approximate surface area is 150 Å². The van der Waals surface area contributed by atoms with Crippen LogP contribution in [0.3, 0.4) is 0 Å². The highest BCUT2D eigenvalue weighted by Crippen LogP contribution is 2.37. The van der Waals surface area contributed by atoms with E-state index in [9.17, 15) is 23.4 Å². The van der Waals surface area contributed by atoms with Gasteiger partial charge in [0.15, 0.2) is 0 Å². The Kier molecular flexibility index (Phi) is 5.37. The Bertz CT molecular complexity index is 725. The highest BCUT2D eigenvalue weighted by atomic mass is 19.4. The maximum atomic E-state index is 12.9. The molecule has 140 valence electrons. The molecule has 1 atom stereocenters. The maximum Gasteiger partial charge on any atom is 0.416 e. The third-order valence-corrected chi connectivity index (χ3v) is 5.03. The molecule has 0 amide bonds. The SMILES string of the molecule is O[C@H](CN1CCC(O)(c2cccc(C(F)(F)F)c2)CC1)c1ccccc1. The number of benzene rings is 2. The van der Waals surface area contributed by atoms with Crippen LogP contribution in [-0.2, 0) is 11.8 Å². The lowest BCUT2D eigenvalue weighted by molar-refractivity contribution is -0.137. The minimum atomic E-state index is -4.42. The number of nitrogens with zero attached hydrogens (tertiary/aromatic N) is 1. The molecule has 3 nitrogen and oxygen atoms in total. The molecule has 1 aliphatic heterocycles. The fourth-order valence-corrected chi connectivity index (χ4v) is 3.40. The second kappa shape index (κ2) is 7.39. The topological polar surface area (TPSA) is 43.7 Å². The molecular weight excluding hydrogens is 343 g/mol. The molecule has 1 fully saturated rings.